The van der Waals surface area contributed by atoms with E-state index in [-0.39, 0.29) is 22.5 Å². The van der Waals surface area contributed by atoms with Crippen molar-refractivity contribution in [2.45, 2.75) is 17.9 Å². The molecule has 0 spiro atoms. The second-order valence-corrected chi connectivity index (χ2v) is 6.87. The summed E-state index contributed by atoms with van der Waals surface area (Å²) in [6, 6.07) is 10.7. The lowest BCUT2D eigenvalue weighted by atomic mass is 10.1. The number of nitrogens with zero attached hydrogens (tertiary/aromatic N) is 1. The number of benzene rings is 1. The zero-order valence-electron chi connectivity index (χ0n) is 12.7. The monoisotopic (exact) mass is 321 g/mol. The van der Waals surface area contributed by atoms with Gasteiger partial charge in [-0.1, -0.05) is 30.3 Å². The van der Waals surface area contributed by atoms with Gasteiger partial charge in [-0.05, 0) is 25.6 Å². The highest BCUT2D eigenvalue weighted by Crippen LogP contribution is 2.16. The summed E-state index contributed by atoms with van der Waals surface area (Å²) in [5.41, 5.74) is 1.27. The number of sulfonamides is 1. The molecular weight excluding hydrogens is 302 g/mol. The summed E-state index contributed by atoms with van der Waals surface area (Å²) in [4.78, 5) is 12.4. The molecule has 1 aromatic carbocycles. The molecule has 7 heteroatoms. The van der Waals surface area contributed by atoms with E-state index in [9.17, 15) is 13.2 Å². The summed E-state index contributed by atoms with van der Waals surface area (Å²) in [6.45, 7) is 1.88. The molecule has 1 aromatic heterocycles. The lowest BCUT2D eigenvalue weighted by Crippen LogP contribution is -2.28. The van der Waals surface area contributed by atoms with Gasteiger partial charge in [-0.25, -0.2) is 13.1 Å². The van der Waals surface area contributed by atoms with Crippen LogP contribution in [0.5, 0.6) is 0 Å². The average Bonchev–Trinajstić information content (AvgIpc) is 2.91. The number of aryl methyl sites for hydroxylation is 1. The van der Waals surface area contributed by atoms with Gasteiger partial charge in [0.05, 0.1) is 6.04 Å². The quantitative estimate of drug-likeness (QED) is 0.874. The van der Waals surface area contributed by atoms with E-state index in [2.05, 4.69) is 10.0 Å². The number of aromatic nitrogens is 1. The first kappa shape index (κ1) is 16.3. The van der Waals surface area contributed by atoms with E-state index in [4.69, 9.17) is 0 Å². The van der Waals surface area contributed by atoms with Crippen molar-refractivity contribution in [3.05, 3.63) is 53.9 Å². The molecule has 1 atom stereocenters. The predicted molar refractivity (Wildman–Crippen MR) is 84.0 cm³/mol. The van der Waals surface area contributed by atoms with Crippen LogP contribution in [0.15, 0.2) is 47.5 Å². The fraction of sp³-hybridized carbons (Fsp3) is 0.267. The van der Waals surface area contributed by atoms with Gasteiger partial charge < -0.3 is 9.88 Å². The normalized spacial score (nSPS) is 12.9. The van der Waals surface area contributed by atoms with Crippen molar-refractivity contribution in [3.8, 4) is 0 Å². The molecule has 6 nitrogen and oxygen atoms in total. The van der Waals surface area contributed by atoms with Crippen LogP contribution in [0.2, 0.25) is 0 Å². The SMILES string of the molecule is CNS(=O)(=O)c1cc(C(=O)N[C@H](C)c2ccccc2)n(C)c1. The number of rotatable bonds is 5. The van der Waals surface area contributed by atoms with Gasteiger partial charge in [-0.3, -0.25) is 4.79 Å². The van der Waals surface area contributed by atoms with Gasteiger partial charge in [-0.2, -0.15) is 0 Å². The van der Waals surface area contributed by atoms with Crippen LogP contribution in [-0.4, -0.2) is 25.9 Å². The molecule has 0 aliphatic heterocycles. The minimum Gasteiger partial charge on any atom is -0.345 e. The fourth-order valence-corrected chi connectivity index (χ4v) is 2.92. The van der Waals surface area contributed by atoms with Crippen molar-refractivity contribution >= 4 is 15.9 Å². The lowest BCUT2D eigenvalue weighted by Gasteiger charge is -2.14. The Kier molecular flexibility index (Phi) is 4.68. The molecule has 1 heterocycles. The second-order valence-electron chi connectivity index (χ2n) is 4.99. The van der Waals surface area contributed by atoms with E-state index in [0.29, 0.717) is 0 Å². The van der Waals surface area contributed by atoms with Crippen LogP contribution in [0.25, 0.3) is 0 Å². The topological polar surface area (TPSA) is 80.2 Å². The van der Waals surface area contributed by atoms with Gasteiger partial charge in [0.15, 0.2) is 0 Å². The first-order valence-electron chi connectivity index (χ1n) is 6.81. The molecular formula is C15H19N3O3S. The first-order chi connectivity index (χ1) is 10.3. The predicted octanol–water partition coefficient (Wildman–Crippen LogP) is 1.42. The Morgan fingerprint density at radius 2 is 1.86 bits per heavy atom. The second kappa shape index (κ2) is 6.33. The smallest absolute Gasteiger partial charge is 0.268 e. The molecule has 0 saturated carbocycles. The van der Waals surface area contributed by atoms with Gasteiger partial charge in [0, 0.05) is 13.2 Å². The van der Waals surface area contributed by atoms with E-state index < -0.39 is 10.0 Å². The minimum absolute atomic E-state index is 0.0648. The fourth-order valence-electron chi connectivity index (χ4n) is 2.12. The van der Waals surface area contributed by atoms with Crippen molar-refractivity contribution < 1.29 is 13.2 Å². The van der Waals surface area contributed by atoms with Crippen LogP contribution in [0.1, 0.15) is 29.0 Å². The molecule has 0 radical (unpaired) electrons. The van der Waals surface area contributed by atoms with Crippen LogP contribution >= 0.6 is 0 Å². The number of carbonyl (C=O) groups is 1. The molecule has 2 N–H and O–H groups in total. The van der Waals surface area contributed by atoms with Gasteiger partial charge in [-0.15, -0.1) is 0 Å². The number of carbonyl (C=O) groups excluding carboxylic acids is 1. The summed E-state index contributed by atoms with van der Waals surface area (Å²) in [7, 11) is -0.596. The van der Waals surface area contributed by atoms with Crippen molar-refractivity contribution in [3.63, 3.8) is 0 Å². The maximum Gasteiger partial charge on any atom is 0.268 e. The molecule has 2 aromatic rings. The number of hydrogen-bond donors (Lipinski definition) is 2. The third-order valence-corrected chi connectivity index (χ3v) is 4.82. The maximum atomic E-state index is 12.3. The Morgan fingerprint density at radius 3 is 2.45 bits per heavy atom. The van der Waals surface area contributed by atoms with Gasteiger partial charge in [0.25, 0.3) is 5.91 Å². The van der Waals surface area contributed by atoms with Crippen LogP contribution in [0.4, 0.5) is 0 Å². The Balaban J connectivity index is 2.20. The van der Waals surface area contributed by atoms with Crippen molar-refractivity contribution in [2.75, 3.05) is 7.05 Å². The Labute approximate surface area is 130 Å². The van der Waals surface area contributed by atoms with E-state index in [1.807, 2.05) is 37.3 Å². The summed E-state index contributed by atoms with van der Waals surface area (Å²) >= 11 is 0. The molecule has 118 valence electrons. The van der Waals surface area contributed by atoms with Gasteiger partial charge in [0.2, 0.25) is 10.0 Å². The van der Waals surface area contributed by atoms with Gasteiger partial charge >= 0.3 is 0 Å². The standard InChI is InChI=1S/C15H19N3O3S/c1-11(12-7-5-4-6-8-12)17-15(19)14-9-13(10-18(14)3)22(20,21)16-2/h4-11,16H,1-3H3,(H,17,19)/t11-/m1/s1. The van der Waals surface area contributed by atoms with Crippen LogP contribution in [0, 0.1) is 0 Å². The number of nitrogens with one attached hydrogen (secondary N) is 2. The molecule has 2 rings (SSSR count). The zero-order valence-corrected chi connectivity index (χ0v) is 13.5. The first-order valence-corrected chi connectivity index (χ1v) is 8.29. The molecule has 0 bridgehead atoms. The zero-order chi connectivity index (χ0) is 16.3. The number of hydrogen-bond acceptors (Lipinski definition) is 3. The highest BCUT2D eigenvalue weighted by atomic mass is 32.2. The van der Waals surface area contributed by atoms with Crippen LogP contribution in [0.3, 0.4) is 0 Å². The molecule has 0 fully saturated rings. The molecule has 22 heavy (non-hydrogen) atoms. The number of amides is 1. The van der Waals surface area contributed by atoms with Crippen molar-refractivity contribution in [1.29, 1.82) is 0 Å². The molecule has 0 aliphatic carbocycles. The highest BCUT2D eigenvalue weighted by molar-refractivity contribution is 7.89. The summed E-state index contributed by atoms with van der Waals surface area (Å²) in [5, 5.41) is 2.86. The van der Waals surface area contributed by atoms with Crippen LogP contribution < -0.4 is 10.0 Å². The average molecular weight is 321 g/mol. The Morgan fingerprint density at radius 1 is 1.23 bits per heavy atom. The summed E-state index contributed by atoms with van der Waals surface area (Å²) in [5.74, 6) is -0.323. The summed E-state index contributed by atoms with van der Waals surface area (Å²) < 4.78 is 27.3. The Bertz CT molecular complexity index is 767. The summed E-state index contributed by atoms with van der Waals surface area (Å²) in [6.07, 6.45) is 1.41. The highest BCUT2D eigenvalue weighted by Gasteiger charge is 2.20. The Hall–Kier alpha value is -2.12. The third-order valence-electron chi connectivity index (χ3n) is 3.44. The van der Waals surface area contributed by atoms with E-state index in [1.165, 1.54) is 23.9 Å². The lowest BCUT2D eigenvalue weighted by molar-refractivity contribution is 0.0931. The van der Waals surface area contributed by atoms with E-state index in [1.54, 1.807) is 7.05 Å². The molecule has 1 amide bonds. The minimum atomic E-state index is -3.56. The van der Waals surface area contributed by atoms with E-state index in [0.717, 1.165) is 5.56 Å². The third kappa shape index (κ3) is 3.37. The molecule has 0 saturated heterocycles. The maximum absolute atomic E-state index is 12.3. The van der Waals surface area contributed by atoms with Crippen molar-refractivity contribution in [1.82, 2.24) is 14.6 Å². The van der Waals surface area contributed by atoms with Crippen LogP contribution in [-0.2, 0) is 17.1 Å². The molecule has 0 unspecified atom stereocenters. The van der Waals surface area contributed by atoms with Crippen molar-refractivity contribution in [2.24, 2.45) is 7.05 Å². The largest absolute Gasteiger partial charge is 0.345 e. The van der Waals surface area contributed by atoms with E-state index >= 15 is 0 Å². The van der Waals surface area contributed by atoms with Gasteiger partial charge in [0.1, 0.15) is 10.6 Å². The molecule has 0 aliphatic rings.